The highest BCUT2D eigenvalue weighted by atomic mass is 16.1. The van der Waals surface area contributed by atoms with E-state index in [1.54, 1.807) is 0 Å². The highest BCUT2D eigenvalue weighted by Gasteiger charge is 2.07. The van der Waals surface area contributed by atoms with Crippen LogP contribution in [0.3, 0.4) is 0 Å². The van der Waals surface area contributed by atoms with Gasteiger partial charge in [0, 0.05) is 12.0 Å². The molecule has 1 aromatic carbocycles. The first-order chi connectivity index (χ1) is 7.63. The molecule has 0 saturated carbocycles. The van der Waals surface area contributed by atoms with Gasteiger partial charge in [0.05, 0.1) is 0 Å². The van der Waals surface area contributed by atoms with Crippen molar-refractivity contribution in [2.24, 2.45) is 11.7 Å². The van der Waals surface area contributed by atoms with Gasteiger partial charge < -0.3 is 5.73 Å². The van der Waals surface area contributed by atoms with Crippen molar-refractivity contribution in [3.63, 3.8) is 0 Å². The topological polar surface area (TPSA) is 43.1 Å². The van der Waals surface area contributed by atoms with Gasteiger partial charge in [-0.15, -0.1) is 0 Å². The number of carbonyl (C=O) groups excluding carboxylic acids is 1. The molecule has 1 aromatic rings. The average Bonchev–Trinajstić information content (AvgIpc) is 2.26. The van der Waals surface area contributed by atoms with Crippen LogP contribution in [0, 0.1) is 5.92 Å². The molecule has 0 atom stereocenters. The highest BCUT2D eigenvalue weighted by molar-refractivity contribution is 5.96. The van der Waals surface area contributed by atoms with E-state index in [2.05, 4.69) is 13.8 Å². The maximum Gasteiger partial charge on any atom is 0.163 e. The fourth-order valence-electron chi connectivity index (χ4n) is 1.65. The minimum absolute atomic E-state index is 0.236. The first-order valence-electron chi connectivity index (χ1n) is 5.95. The van der Waals surface area contributed by atoms with Crippen molar-refractivity contribution < 1.29 is 4.79 Å². The van der Waals surface area contributed by atoms with Crippen LogP contribution < -0.4 is 5.73 Å². The third-order valence-corrected chi connectivity index (χ3v) is 2.54. The predicted molar refractivity (Wildman–Crippen MR) is 67.6 cm³/mol. The van der Waals surface area contributed by atoms with E-state index in [4.69, 9.17) is 5.73 Å². The third-order valence-electron chi connectivity index (χ3n) is 2.54. The van der Waals surface area contributed by atoms with Crippen LogP contribution in [0.15, 0.2) is 24.3 Å². The van der Waals surface area contributed by atoms with Crippen molar-refractivity contribution in [1.82, 2.24) is 0 Å². The molecule has 0 spiro atoms. The molecule has 2 N–H and O–H groups in total. The second-order valence-corrected chi connectivity index (χ2v) is 4.61. The van der Waals surface area contributed by atoms with E-state index in [0.29, 0.717) is 18.9 Å². The van der Waals surface area contributed by atoms with Crippen LogP contribution in [0.1, 0.15) is 42.6 Å². The molecule has 1 rings (SSSR count). The zero-order chi connectivity index (χ0) is 12.0. The van der Waals surface area contributed by atoms with Gasteiger partial charge in [-0.25, -0.2) is 0 Å². The number of rotatable bonds is 6. The molecule has 16 heavy (non-hydrogen) atoms. The van der Waals surface area contributed by atoms with Gasteiger partial charge in [0.25, 0.3) is 0 Å². The van der Waals surface area contributed by atoms with Crippen LogP contribution in [0.2, 0.25) is 0 Å². The molecule has 0 aliphatic rings. The van der Waals surface area contributed by atoms with Gasteiger partial charge in [-0.2, -0.15) is 0 Å². The number of carbonyl (C=O) groups is 1. The Labute approximate surface area is 97.9 Å². The summed E-state index contributed by atoms with van der Waals surface area (Å²) in [7, 11) is 0. The molecule has 2 nitrogen and oxygen atoms in total. The minimum atomic E-state index is 0.236. The zero-order valence-corrected chi connectivity index (χ0v) is 10.2. The number of benzene rings is 1. The molecule has 0 unspecified atom stereocenters. The maximum absolute atomic E-state index is 11.8. The summed E-state index contributed by atoms with van der Waals surface area (Å²) in [5, 5.41) is 0. The zero-order valence-electron chi connectivity index (χ0n) is 10.2. The molecule has 0 heterocycles. The molecule has 0 radical (unpaired) electrons. The summed E-state index contributed by atoms with van der Waals surface area (Å²) in [5.41, 5.74) is 7.54. The summed E-state index contributed by atoms with van der Waals surface area (Å²) in [6.07, 6.45) is 2.62. The molecule has 2 heteroatoms. The molecule has 88 valence electrons. The quantitative estimate of drug-likeness (QED) is 0.748. The lowest BCUT2D eigenvalue weighted by atomic mass is 9.99. The average molecular weight is 219 g/mol. The lowest BCUT2D eigenvalue weighted by Crippen LogP contribution is -2.04. The van der Waals surface area contributed by atoms with Crippen molar-refractivity contribution in [2.45, 2.75) is 33.1 Å². The van der Waals surface area contributed by atoms with Crippen LogP contribution in [0.25, 0.3) is 0 Å². The molecule has 0 aliphatic carbocycles. The lowest BCUT2D eigenvalue weighted by Gasteiger charge is -2.05. The van der Waals surface area contributed by atoms with E-state index < -0.39 is 0 Å². The van der Waals surface area contributed by atoms with Gasteiger partial charge in [-0.1, -0.05) is 38.1 Å². The Bertz CT molecular complexity index is 327. The normalized spacial score (nSPS) is 10.8. The number of aryl methyl sites for hydroxylation is 1. The second-order valence-electron chi connectivity index (χ2n) is 4.61. The van der Waals surface area contributed by atoms with Crippen LogP contribution in [-0.4, -0.2) is 12.3 Å². The highest BCUT2D eigenvalue weighted by Crippen LogP contribution is 2.11. The molecule has 0 aliphatic heterocycles. The van der Waals surface area contributed by atoms with Crippen LogP contribution in [-0.2, 0) is 6.42 Å². The number of hydrogen-bond donors (Lipinski definition) is 1. The molecule has 0 saturated heterocycles. The van der Waals surface area contributed by atoms with Gasteiger partial charge in [0.1, 0.15) is 0 Å². The van der Waals surface area contributed by atoms with Crippen molar-refractivity contribution in [2.75, 3.05) is 6.54 Å². The Kier molecular flexibility index (Phi) is 5.20. The lowest BCUT2D eigenvalue weighted by molar-refractivity contribution is 0.0968. The number of Topliss-reactive ketones (excluding diaryl/α,β-unsaturated/α-hetero) is 1. The fourth-order valence-corrected chi connectivity index (χ4v) is 1.65. The SMILES string of the molecule is CC(C)CC(=O)c1ccc(CCCN)cc1. The van der Waals surface area contributed by atoms with E-state index in [-0.39, 0.29) is 5.78 Å². The van der Waals surface area contributed by atoms with Crippen LogP contribution in [0.5, 0.6) is 0 Å². The van der Waals surface area contributed by atoms with Crippen molar-refractivity contribution >= 4 is 5.78 Å². The molecule has 0 fully saturated rings. The largest absolute Gasteiger partial charge is 0.330 e. The fraction of sp³-hybridized carbons (Fsp3) is 0.500. The van der Waals surface area contributed by atoms with E-state index >= 15 is 0 Å². The van der Waals surface area contributed by atoms with Crippen LogP contribution >= 0.6 is 0 Å². The molecule has 0 aromatic heterocycles. The Morgan fingerprint density at radius 1 is 1.25 bits per heavy atom. The summed E-state index contributed by atoms with van der Waals surface area (Å²) >= 11 is 0. The van der Waals surface area contributed by atoms with Gasteiger partial charge >= 0.3 is 0 Å². The smallest absolute Gasteiger partial charge is 0.163 e. The third kappa shape index (κ3) is 4.15. The van der Waals surface area contributed by atoms with Crippen molar-refractivity contribution in [3.8, 4) is 0 Å². The van der Waals surface area contributed by atoms with Crippen molar-refractivity contribution in [1.29, 1.82) is 0 Å². The summed E-state index contributed by atoms with van der Waals surface area (Å²) in [4.78, 5) is 11.8. The monoisotopic (exact) mass is 219 g/mol. The van der Waals surface area contributed by atoms with E-state index in [9.17, 15) is 4.79 Å². The van der Waals surface area contributed by atoms with Gasteiger partial charge in [-0.3, -0.25) is 4.79 Å². The minimum Gasteiger partial charge on any atom is -0.330 e. The van der Waals surface area contributed by atoms with Crippen molar-refractivity contribution in [3.05, 3.63) is 35.4 Å². The predicted octanol–water partition coefficient (Wildman–Crippen LogP) is 2.81. The summed E-state index contributed by atoms with van der Waals surface area (Å²) in [5.74, 6) is 0.657. The maximum atomic E-state index is 11.8. The Balaban J connectivity index is 2.60. The number of ketones is 1. The van der Waals surface area contributed by atoms with E-state index in [1.807, 2.05) is 24.3 Å². The second kappa shape index (κ2) is 6.44. The van der Waals surface area contributed by atoms with Crippen LogP contribution in [0.4, 0.5) is 0 Å². The number of hydrogen-bond acceptors (Lipinski definition) is 2. The van der Waals surface area contributed by atoms with E-state index in [0.717, 1.165) is 18.4 Å². The Morgan fingerprint density at radius 2 is 1.88 bits per heavy atom. The Morgan fingerprint density at radius 3 is 2.38 bits per heavy atom. The first kappa shape index (κ1) is 12.9. The summed E-state index contributed by atoms with van der Waals surface area (Å²) < 4.78 is 0. The summed E-state index contributed by atoms with van der Waals surface area (Å²) in [6.45, 7) is 4.84. The standard InChI is InChI=1S/C14H21NO/c1-11(2)10-14(16)13-7-5-12(6-8-13)4-3-9-15/h5-8,11H,3-4,9-10,15H2,1-2H3. The molecular formula is C14H21NO. The van der Waals surface area contributed by atoms with Gasteiger partial charge in [0.2, 0.25) is 0 Å². The first-order valence-corrected chi connectivity index (χ1v) is 5.95. The molecule has 0 bridgehead atoms. The molecule has 0 amide bonds. The van der Waals surface area contributed by atoms with E-state index in [1.165, 1.54) is 5.56 Å². The number of nitrogens with two attached hydrogens (primary N) is 1. The van der Waals surface area contributed by atoms with Gasteiger partial charge in [0.15, 0.2) is 5.78 Å². The van der Waals surface area contributed by atoms with Gasteiger partial charge in [-0.05, 0) is 30.9 Å². The summed E-state index contributed by atoms with van der Waals surface area (Å²) in [6, 6.07) is 7.92. The Hall–Kier alpha value is -1.15. The molecular weight excluding hydrogens is 198 g/mol.